The van der Waals surface area contributed by atoms with Crippen LogP contribution in [0.4, 0.5) is 0 Å². The number of hydrogen-bond acceptors (Lipinski definition) is 3. The second kappa shape index (κ2) is 5.13. The van der Waals surface area contributed by atoms with Crippen LogP contribution in [0.15, 0.2) is 60.7 Å². The van der Waals surface area contributed by atoms with Crippen LogP contribution in [0.5, 0.6) is 23.0 Å². The second-order valence-corrected chi connectivity index (χ2v) is 4.41. The molecule has 0 saturated carbocycles. The molecule has 3 aromatic carbocycles. The van der Waals surface area contributed by atoms with Crippen LogP contribution < -0.4 is 9.47 Å². The molecule has 0 atom stereocenters. The summed E-state index contributed by atoms with van der Waals surface area (Å²) in [6, 6.07) is 18.4. The highest BCUT2D eigenvalue weighted by Gasteiger charge is 2.08. The highest BCUT2D eigenvalue weighted by Crippen LogP contribution is 2.36. The van der Waals surface area contributed by atoms with Gasteiger partial charge in [-0.25, -0.2) is 0 Å². The molecule has 3 rings (SSSR count). The van der Waals surface area contributed by atoms with Gasteiger partial charge in [-0.05, 0) is 41.8 Å². The average Bonchev–Trinajstić information content (AvgIpc) is 2.49. The SMILES string of the molecule is COc1cccc2cccc(Oc3ccc(O)cc3)c12. The fourth-order valence-electron chi connectivity index (χ4n) is 2.17. The summed E-state index contributed by atoms with van der Waals surface area (Å²) in [5.41, 5.74) is 0. The van der Waals surface area contributed by atoms with Crippen molar-refractivity contribution in [2.45, 2.75) is 0 Å². The third kappa shape index (κ3) is 2.26. The van der Waals surface area contributed by atoms with Gasteiger partial charge in [0.15, 0.2) is 0 Å². The van der Waals surface area contributed by atoms with Gasteiger partial charge in [0.25, 0.3) is 0 Å². The van der Waals surface area contributed by atoms with E-state index in [-0.39, 0.29) is 5.75 Å². The molecule has 1 N–H and O–H groups in total. The van der Waals surface area contributed by atoms with E-state index in [9.17, 15) is 5.11 Å². The second-order valence-electron chi connectivity index (χ2n) is 4.41. The number of rotatable bonds is 3. The van der Waals surface area contributed by atoms with Crippen molar-refractivity contribution in [1.29, 1.82) is 0 Å². The molecule has 0 bridgehead atoms. The maximum absolute atomic E-state index is 9.30. The fraction of sp³-hybridized carbons (Fsp3) is 0.0588. The minimum absolute atomic E-state index is 0.216. The Morgan fingerprint density at radius 1 is 0.800 bits per heavy atom. The normalized spacial score (nSPS) is 10.4. The highest BCUT2D eigenvalue weighted by molar-refractivity contribution is 5.94. The summed E-state index contributed by atoms with van der Waals surface area (Å²) >= 11 is 0. The lowest BCUT2D eigenvalue weighted by Crippen LogP contribution is -1.89. The van der Waals surface area contributed by atoms with Gasteiger partial charge in [0.05, 0.1) is 12.5 Å². The number of ether oxygens (including phenoxy) is 2. The van der Waals surface area contributed by atoms with Crippen molar-refractivity contribution in [3.05, 3.63) is 60.7 Å². The molecule has 0 aliphatic heterocycles. The van der Waals surface area contributed by atoms with Crippen LogP contribution in [0.3, 0.4) is 0 Å². The average molecular weight is 266 g/mol. The molecular weight excluding hydrogens is 252 g/mol. The Morgan fingerprint density at radius 3 is 2.10 bits per heavy atom. The monoisotopic (exact) mass is 266 g/mol. The first-order valence-electron chi connectivity index (χ1n) is 6.30. The van der Waals surface area contributed by atoms with E-state index in [1.165, 1.54) is 0 Å². The molecule has 0 fully saturated rings. The summed E-state index contributed by atoms with van der Waals surface area (Å²) in [6.07, 6.45) is 0. The molecule has 0 aliphatic carbocycles. The van der Waals surface area contributed by atoms with Crippen LogP contribution in [-0.4, -0.2) is 12.2 Å². The molecule has 0 aromatic heterocycles. The van der Waals surface area contributed by atoms with Crippen LogP contribution >= 0.6 is 0 Å². The molecule has 0 unspecified atom stereocenters. The number of fused-ring (bicyclic) bond motifs is 1. The first-order chi connectivity index (χ1) is 9.78. The maximum Gasteiger partial charge on any atom is 0.138 e. The molecule has 0 saturated heterocycles. The largest absolute Gasteiger partial charge is 0.508 e. The van der Waals surface area contributed by atoms with Crippen molar-refractivity contribution < 1.29 is 14.6 Å². The zero-order chi connectivity index (χ0) is 13.9. The van der Waals surface area contributed by atoms with Crippen molar-refractivity contribution in [3.8, 4) is 23.0 Å². The van der Waals surface area contributed by atoms with Gasteiger partial charge >= 0.3 is 0 Å². The summed E-state index contributed by atoms with van der Waals surface area (Å²) in [5, 5.41) is 11.3. The van der Waals surface area contributed by atoms with E-state index in [0.717, 1.165) is 22.3 Å². The number of methoxy groups -OCH3 is 1. The van der Waals surface area contributed by atoms with Crippen LogP contribution in [0.1, 0.15) is 0 Å². The van der Waals surface area contributed by atoms with Gasteiger partial charge in [-0.1, -0.05) is 24.3 Å². The predicted octanol–water partition coefficient (Wildman–Crippen LogP) is 4.35. The van der Waals surface area contributed by atoms with Gasteiger partial charge in [-0.3, -0.25) is 0 Å². The Hall–Kier alpha value is -2.68. The molecular formula is C17H14O3. The maximum atomic E-state index is 9.30. The van der Waals surface area contributed by atoms with Crippen LogP contribution in [0.25, 0.3) is 10.8 Å². The first-order valence-corrected chi connectivity index (χ1v) is 6.30. The van der Waals surface area contributed by atoms with Gasteiger partial charge in [0, 0.05) is 0 Å². The van der Waals surface area contributed by atoms with Crippen molar-refractivity contribution >= 4 is 10.8 Å². The Labute approximate surface area is 117 Å². The van der Waals surface area contributed by atoms with Gasteiger partial charge < -0.3 is 14.6 Å². The summed E-state index contributed by atoms with van der Waals surface area (Å²) in [6.45, 7) is 0. The third-order valence-corrected chi connectivity index (χ3v) is 3.11. The van der Waals surface area contributed by atoms with E-state index >= 15 is 0 Å². The summed E-state index contributed by atoms with van der Waals surface area (Å²) in [4.78, 5) is 0. The Morgan fingerprint density at radius 2 is 1.45 bits per heavy atom. The van der Waals surface area contributed by atoms with Crippen molar-refractivity contribution in [2.24, 2.45) is 0 Å². The molecule has 0 radical (unpaired) electrons. The lowest BCUT2D eigenvalue weighted by atomic mass is 10.1. The van der Waals surface area contributed by atoms with Gasteiger partial charge in [0.1, 0.15) is 23.0 Å². The topological polar surface area (TPSA) is 38.7 Å². The lowest BCUT2D eigenvalue weighted by molar-refractivity contribution is 0.416. The quantitative estimate of drug-likeness (QED) is 0.766. The molecule has 3 heteroatoms. The smallest absolute Gasteiger partial charge is 0.138 e. The number of phenols is 1. The van der Waals surface area contributed by atoms with Crippen molar-refractivity contribution in [2.75, 3.05) is 7.11 Å². The number of phenolic OH excluding ortho intramolecular Hbond substituents is 1. The number of benzene rings is 3. The predicted molar refractivity (Wildman–Crippen MR) is 78.7 cm³/mol. The zero-order valence-corrected chi connectivity index (χ0v) is 11.0. The minimum Gasteiger partial charge on any atom is -0.508 e. The van der Waals surface area contributed by atoms with E-state index in [1.54, 1.807) is 31.4 Å². The number of hydrogen-bond donors (Lipinski definition) is 1. The standard InChI is InChI=1S/C17H14O3/c1-19-15-6-2-4-12-5-3-7-16(17(12)15)20-14-10-8-13(18)9-11-14/h2-11,18H,1H3. The Bertz CT molecular complexity index is 728. The van der Waals surface area contributed by atoms with Gasteiger partial charge in [-0.15, -0.1) is 0 Å². The molecule has 100 valence electrons. The van der Waals surface area contributed by atoms with Crippen LogP contribution in [-0.2, 0) is 0 Å². The Kier molecular flexibility index (Phi) is 3.17. The highest BCUT2D eigenvalue weighted by atomic mass is 16.5. The molecule has 0 spiro atoms. The van der Waals surface area contributed by atoms with Crippen molar-refractivity contribution in [3.63, 3.8) is 0 Å². The third-order valence-electron chi connectivity index (χ3n) is 3.11. The molecule has 20 heavy (non-hydrogen) atoms. The van der Waals surface area contributed by atoms with E-state index in [0.29, 0.717) is 5.75 Å². The molecule has 3 aromatic rings. The first kappa shape index (κ1) is 12.4. The molecule has 0 heterocycles. The van der Waals surface area contributed by atoms with Gasteiger partial charge in [-0.2, -0.15) is 0 Å². The van der Waals surface area contributed by atoms with Crippen LogP contribution in [0, 0.1) is 0 Å². The summed E-state index contributed by atoms with van der Waals surface area (Å²) in [5.74, 6) is 2.39. The van der Waals surface area contributed by atoms with Gasteiger partial charge in [0.2, 0.25) is 0 Å². The van der Waals surface area contributed by atoms with E-state index in [4.69, 9.17) is 9.47 Å². The van der Waals surface area contributed by atoms with E-state index < -0.39 is 0 Å². The summed E-state index contributed by atoms with van der Waals surface area (Å²) in [7, 11) is 1.64. The molecule has 0 aliphatic rings. The lowest BCUT2D eigenvalue weighted by Gasteiger charge is -2.12. The van der Waals surface area contributed by atoms with E-state index in [2.05, 4.69) is 0 Å². The minimum atomic E-state index is 0.216. The van der Waals surface area contributed by atoms with E-state index in [1.807, 2.05) is 36.4 Å². The molecule has 3 nitrogen and oxygen atoms in total. The molecule has 0 amide bonds. The fourth-order valence-corrected chi connectivity index (χ4v) is 2.17. The zero-order valence-electron chi connectivity index (χ0n) is 11.0. The summed E-state index contributed by atoms with van der Waals surface area (Å²) < 4.78 is 11.3. The number of aromatic hydroxyl groups is 1. The van der Waals surface area contributed by atoms with Crippen molar-refractivity contribution in [1.82, 2.24) is 0 Å². The van der Waals surface area contributed by atoms with Crippen LogP contribution in [0.2, 0.25) is 0 Å². The Balaban J connectivity index is 2.09.